The first-order valence-corrected chi connectivity index (χ1v) is 6.83. The van der Waals surface area contributed by atoms with Crippen molar-refractivity contribution in [3.63, 3.8) is 0 Å². The number of sulfone groups is 1. The van der Waals surface area contributed by atoms with Crippen LogP contribution in [0.15, 0.2) is 17.0 Å². The Hall–Kier alpha value is -2.23. The van der Waals surface area contributed by atoms with Crippen molar-refractivity contribution in [3.05, 3.63) is 32.0 Å². The van der Waals surface area contributed by atoms with E-state index in [2.05, 4.69) is 0 Å². The van der Waals surface area contributed by atoms with Crippen molar-refractivity contribution < 1.29 is 13.3 Å². The number of nitrogens with zero attached hydrogens (tertiary/aromatic N) is 3. The van der Waals surface area contributed by atoms with Gasteiger partial charge in [-0.1, -0.05) is 11.3 Å². The van der Waals surface area contributed by atoms with E-state index in [1.165, 1.54) is 24.3 Å². The first-order chi connectivity index (χ1) is 8.40. The fourth-order valence-corrected chi connectivity index (χ4v) is 2.61. The molecule has 0 atom stereocenters. The molecule has 18 heavy (non-hydrogen) atoms. The molecule has 0 saturated heterocycles. The minimum absolute atomic E-state index is 0.156. The van der Waals surface area contributed by atoms with Crippen LogP contribution in [0.1, 0.15) is 4.88 Å². The summed E-state index contributed by atoms with van der Waals surface area (Å²) in [5.74, 6) is -0.806. The van der Waals surface area contributed by atoms with Crippen molar-refractivity contribution in [3.8, 4) is 12.1 Å². The van der Waals surface area contributed by atoms with Gasteiger partial charge in [-0.15, -0.1) is 0 Å². The maximum absolute atomic E-state index is 11.5. The van der Waals surface area contributed by atoms with Gasteiger partial charge in [-0.25, -0.2) is 8.42 Å². The third-order valence-electron chi connectivity index (χ3n) is 1.77. The normalized spacial score (nSPS) is 11.6. The van der Waals surface area contributed by atoms with Gasteiger partial charge in [-0.2, -0.15) is 10.5 Å². The van der Waals surface area contributed by atoms with Gasteiger partial charge in [0.2, 0.25) is 9.84 Å². The van der Waals surface area contributed by atoms with Crippen LogP contribution in [0.25, 0.3) is 6.08 Å². The maximum Gasteiger partial charge on any atom is 0.324 e. The minimum atomic E-state index is -3.96. The van der Waals surface area contributed by atoms with Crippen molar-refractivity contribution in [2.75, 3.05) is 5.75 Å². The summed E-state index contributed by atoms with van der Waals surface area (Å²) in [6, 6.07) is 5.47. The molecule has 0 saturated carbocycles. The van der Waals surface area contributed by atoms with E-state index in [1.807, 2.05) is 0 Å². The standard InChI is InChI=1S/C9H5N3O4S2/c10-3-4-18(15,16)8(6-11)5-7-1-2-9(17-7)12(13)14/h1-2,5H,4H2/b8-5-. The highest BCUT2D eigenvalue weighted by Crippen LogP contribution is 2.26. The van der Waals surface area contributed by atoms with Crippen molar-refractivity contribution in [1.29, 1.82) is 10.5 Å². The summed E-state index contributed by atoms with van der Waals surface area (Å²) >= 11 is 0.745. The summed E-state index contributed by atoms with van der Waals surface area (Å²) in [6.07, 6.45) is 1.02. The van der Waals surface area contributed by atoms with Gasteiger partial charge in [0.25, 0.3) is 0 Å². The topological polar surface area (TPSA) is 125 Å². The average Bonchev–Trinajstić information content (AvgIpc) is 2.74. The number of hydrogen-bond donors (Lipinski definition) is 0. The third kappa shape index (κ3) is 3.13. The molecule has 92 valence electrons. The molecule has 0 aromatic carbocycles. The lowest BCUT2D eigenvalue weighted by Gasteiger charge is -1.94. The Bertz CT molecular complexity index is 688. The van der Waals surface area contributed by atoms with Gasteiger partial charge >= 0.3 is 5.00 Å². The van der Waals surface area contributed by atoms with E-state index in [0.29, 0.717) is 0 Å². The van der Waals surface area contributed by atoms with Crippen molar-refractivity contribution >= 4 is 32.3 Å². The van der Waals surface area contributed by atoms with Crippen LogP contribution in [0.2, 0.25) is 0 Å². The van der Waals surface area contributed by atoms with Crippen molar-refractivity contribution in [1.82, 2.24) is 0 Å². The Labute approximate surface area is 106 Å². The SMILES string of the molecule is N#CCS(=O)(=O)/C(C#N)=C\c1ccc([N+](=O)[O-])s1. The molecule has 1 aromatic rings. The molecule has 1 aromatic heterocycles. The van der Waals surface area contributed by atoms with E-state index in [4.69, 9.17) is 10.5 Å². The van der Waals surface area contributed by atoms with Gasteiger partial charge in [-0.3, -0.25) is 10.1 Å². The van der Waals surface area contributed by atoms with E-state index < -0.39 is 25.4 Å². The van der Waals surface area contributed by atoms with Crippen LogP contribution in [0.5, 0.6) is 0 Å². The number of hydrogen-bond acceptors (Lipinski definition) is 7. The Morgan fingerprint density at radius 2 is 2.17 bits per heavy atom. The zero-order chi connectivity index (χ0) is 13.8. The van der Waals surface area contributed by atoms with Crippen LogP contribution in [0, 0.1) is 32.8 Å². The number of thiophene rings is 1. The molecule has 0 aliphatic carbocycles. The Balaban J connectivity index is 3.18. The summed E-state index contributed by atoms with van der Waals surface area (Å²) in [5, 5.41) is 27.3. The molecule has 0 aliphatic heterocycles. The monoisotopic (exact) mass is 283 g/mol. The lowest BCUT2D eigenvalue weighted by molar-refractivity contribution is -0.380. The fraction of sp³-hybridized carbons (Fsp3) is 0.111. The predicted molar refractivity (Wildman–Crippen MR) is 64.0 cm³/mol. The molecule has 0 fully saturated rings. The molecule has 0 radical (unpaired) electrons. The molecule has 1 heterocycles. The van der Waals surface area contributed by atoms with Gasteiger partial charge in [0.1, 0.15) is 16.7 Å². The summed E-state index contributed by atoms with van der Waals surface area (Å²) in [4.78, 5) is 9.51. The van der Waals surface area contributed by atoms with Gasteiger partial charge < -0.3 is 0 Å². The first kappa shape index (κ1) is 13.8. The highest BCUT2D eigenvalue weighted by atomic mass is 32.2. The van der Waals surface area contributed by atoms with Gasteiger partial charge in [0.05, 0.1) is 11.0 Å². The zero-order valence-corrected chi connectivity index (χ0v) is 10.4. The molecule has 1 rings (SSSR count). The largest absolute Gasteiger partial charge is 0.324 e. The summed E-state index contributed by atoms with van der Waals surface area (Å²) in [5.41, 5.74) is 0. The lowest BCUT2D eigenvalue weighted by Crippen LogP contribution is -2.06. The Kier molecular flexibility index (Phi) is 4.15. The second-order valence-electron chi connectivity index (χ2n) is 2.97. The molecule has 7 nitrogen and oxygen atoms in total. The number of allylic oxidation sites excluding steroid dienone is 1. The number of nitro groups is 1. The van der Waals surface area contributed by atoms with Crippen LogP contribution in [-0.2, 0) is 9.84 Å². The molecule has 0 aliphatic rings. The molecule has 0 bridgehead atoms. The second-order valence-corrected chi connectivity index (χ2v) is 6.02. The van der Waals surface area contributed by atoms with E-state index >= 15 is 0 Å². The van der Waals surface area contributed by atoms with Crippen molar-refractivity contribution in [2.24, 2.45) is 0 Å². The van der Waals surface area contributed by atoms with Crippen LogP contribution < -0.4 is 0 Å². The van der Waals surface area contributed by atoms with Crippen LogP contribution in [0.3, 0.4) is 0 Å². The van der Waals surface area contributed by atoms with Gasteiger partial charge in [0.15, 0.2) is 0 Å². The summed E-state index contributed by atoms with van der Waals surface area (Å²) in [6.45, 7) is 0. The van der Waals surface area contributed by atoms with E-state index in [0.717, 1.165) is 17.4 Å². The van der Waals surface area contributed by atoms with Gasteiger partial charge in [0, 0.05) is 10.9 Å². The fourth-order valence-electron chi connectivity index (χ4n) is 1.00. The smallest absolute Gasteiger partial charge is 0.258 e. The highest BCUT2D eigenvalue weighted by molar-refractivity contribution is 7.95. The Morgan fingerprint density at radius 3 is 2.61 bits per heavy atom. The predicted octanol–water partition coefficient (Wildman–Crippen LogP) is 1.46. The highest BCUT2D eigenvalue weighted by Gasteiger charge is 2.18. The zero-order valence-electron chi connectivity index (χ0n) is 8.73. The van der Waals surface area contributed by atoms with Crippen molar-refractivity contribution in [2.45, 2.75) is 0 Å². The van der Waals surface area contributed by atoms with E-state index in [1.54, 1.807) is 0 Å². The maximum atomic E-state index is 11.5. The molecular weight excluding hydrogens is 278 g/mol. The van der Waals surface area contributed by atoms with Gasteiger partial charge in [-0.05, 0) is 12.1 Å². The van der Waals surface area contributed by atoms with Crippen LogP contribution in [-0.4, -0.2) is 19.1 Å². The summed E-state index contributed by atoms with van der Waals surface area (Å²) in [7, 11) is -3.96. The molecule has 0 spiro atoms. The van der Waals surface area contributed by atoms with E-state index in [-0.39, 0.29) is 9.88 Å². The second kappa shape index (κ2) is 5.40. The minimum Gasteiger partial charge on any atom is -0.258 e. The molecule has 0 amide bonds. The molecular formula is C9H5N3O4S2. The molecule has 9 heteroatoms. The number of nitriles is 2. The third-order valence-corrected chi connectivity index (χ3v) is 4.14. The summed E-state index contributed by atoms with van der Waals surface area (Å²) < 4.78 is 22.9. The van der Waals surface area contributed by atoms with Crippen LogP contribution in [0.4, 0.5) is 5.00 Å². The molecule has 0 unspecified atom stereocenters. The lowest BCUT2D eigenvalue weighted by atomic mass is 10.4. The first-order valence-electron chi connectivity index (χ1n) is 4.36. The number of rotatable bonds is 4. The quantitative estimate of drug-likeness (QED) is 0.468. The Morgan fingerprint density at radius 1 is 1.50 bits per heavy atom. The van der Waals surface area contributed by atoms with E-state index in [9.17, 15) is 18.5 Å². The van der Waals surface area contributed by atoms with Crippen LogP contribution >= 0.6 is 11.3 Å². The average molecular weight is 283 g/mol. The molecule has 0 N–H and O–H groups in total.